The summed E-state index contributed by atoms with van der Waals surface area (Å²) in [6, 6.07) is 18.4. The number of rotatable bonds is 3. The monoisotopic (exact) mass is 275 g/mol. The Morgan fingerprint density at radius 1 is 1.05 bits per heavy atom. The van der Waals surface area contributed by atoms with Gasteiger partial charge < -0.3 is 4.74 Å². The molecule has 0 fully saturated rings. The molecule has 0 N–H and O–H groups in total. The van der Waals surface area contributed by atoms with Crippen LogP contribution in [0.5, 0.6) is 0 Å². The highest BCUT2D eigenvalue weighted by atomic mass is 16.5. The van der Waals surface area contributed by atoms with Crippen LogP contribution in [0.4, 0.5) is 0 Å². The summed E-state index contributed by atoms with van der Waals surface area (Å²) < 4.78 is 6.03. The second-order valence-corrected chi connectivity index (χ2v) is 4.84. The van der Waals surface area contributed by atoms with Crippen LogP contribution in [0.25, 0.3) is 11.3 Å². The van der Waals surface area contributed by atoms with Crippen molar-refractivity contribution in [1.29, 1.82) is 0 Å². The fraction of sp³-hybridized carbons (Fsp3) is 0.105. The minimum atomic E-state index is 0.679. The van der Waals surface area contributed by atoms with Crippen LogP contribution < -0.4 is 0 Å². The molecule has 1 heterocycles. The van der Waals surface area contributed by atoms with E-state index < -0.39 is 0 Å². The lowest BCUT2D eigenvalue weighted by Crippen LogP contribution is -1.96. The molecule has 1 aliphatic rings. The lowest BCUT2D eigenvalue weighted by Gasteiger charge is -2.10. The number of hydrogen-bond donors (Lipinski definition) is 0. The third-order valence-electron chi connectivity index (χ3n) is 3.55. The molecule has 0 aliphatic carbocycles. The summed E-state index contributed by atoms with van der Waals surface area (Å²) >= 11 is 0. The van der Waals surface area contributed by atoms with E-state index in [0.717, 1.165) is 34.4 Å². The highest BCUT2D eigenvalue weighted by Gasteiger charge is 2.26. The quantitative estimate of drug-likeness (QED) is 0.754. The lowest BCUT2D eigenvalue weighted by molar-refractivity contribution is 0.525. The Labute approximate surface area is 125 Å². The van der Waals surface area contributed by atoms with Crippen LogP contribution in [0.3, 0.4) is 0 Å². The maximum absolute atomic E-state index is 6.03. The van der Waals surface area contributed by atoms with Gasteiger partial charge in [0.25, 0.3) is 0 Å². The molecule has 2 heteroatoms. The average molecular weight is 275 g/mol. The second kappa shape index (κ2) is 5.80. The molecule has 0 bridgehead atoms. The summed E-state index contributed by atoms with van der Waals surface area (Å²) in [5, 5.41) is 0. The van der Waals surface area contributed by atoms with Crippen molar-refractivity contribution in [1.82, 2.24) is 0 Å². The Balaban J connectivity index is 2.22. The predicted octanol–water partition coefficient (Wildman–Crippen LogP) is 4.54. The molecule has 2 nitrogen and oxygen atoms in total. The average Bonchev–Trinajstić information content (AvgIpc) is 2.92. The maximum Gasteiger partial charge on any atom is 0.222 e. The number of allylic oxidation sites excluding steroid dienone is 2. The van der Waals surface area contributed by atoms with Crippen molar-refractivity contribution in [3.63, 3.8) is 0 Å². The largest absolute Gasteiger partial charge is 0.438 e. The molecule has 0 amide bonds. The smallest absolute Gasteiger partial charge is 0.222 e. The summed E-state index contributed by atoms with van der Waals surface area (Å²) in [7, 11) is 1.75. The van der Waals surface area contributed by atoms with Gasteiger partial charge >= 0.3 is 0 Å². The fourth-order valence-corrected chi connectivity index (χ4v) is 2.59. The normalized spacial score (nSPS) is 17.3. The van der Waals surface area contributed by atoms with Crippen molar-refractivity contribution in [3.8, 4) is 0 Å². The Hall–Kier alpha value is -2.61. The third-order valence-corrected chi connectivity index (χ3v) is 3.55. The molecular weight excluding hydrogens is 258 g/mol. The summed E-state index contributed by atoms with van der Waals surface area (Å²) in [5.74, 6) is 1.57. The van der Waals surface area contributed by atoms with E-state index in [9.17, 15) is 0 Å². The molecule has 0 saturated heterocycles. The summed E-state index contributed by atoms with van der Waals surface area (Å²) in [6.07, 6.45) is 2.66. The minimum Gasteiger partial charge on any atom is -0.438 e. The Bertz CT molecular complexity index is 726. The highest BCUT2D eigenvalue weighted by Crippen LogP contribution is 2.37. The number of benzene rings is 2. The summed E-state index contributed by atoms with van der Waals surface area (Å²) in [6.45, 7) is 3.87. The van der Waals surface area contributed by atoms with Crippen LogP contribution in [-0.4, -0.2) is 12.9 Å². The van der Waals surface area contributed by atoms with E-state index in [-0.39, 0.29) is 0 Å². The van der Waals surface area contributed by atoms with Gasteiger partial charge in [-0.2, -0.15) is 0 Å². The standard InChI is InChI=1S/C19H17NO/c1-3-9-15(14-10-5-4-6-11-14)18-16-12-7-8-13-17(16)19(20-2)21-18/h3-8,10-13H,1,9H2,2H3/b18-15-,20-19?. The molecule has 0 unspecified atom stereocenters. The number of nitrogens with zero attached hydrogens (tertiary/aromatic N) is 1. The zero-order chi connectivity index (χ0) is 14.7. The zero-order valence-electron chi connectivity index (χ0n) is 12.0. The van der Waals surface area contributed by atoms with Crippen LogP contribution in [0.1, 0.15) is 23.1 Å². The zero-order valence-corrected chi connectivity index (χ0v) is 12.0. The lowest BCUT2D eigenvalue weighted by atomic mass is 9.97. The van der Waals surface area contributed by atoms with E-state index in [1.807, 2.05) is 42.5 Å². The maximum atomic E-state index is 6.03. The fourth-order valence-electron chi connectivity index (χ4n) is 2.59. The van der Waals surface area contributed by atoms with Crippen molar-refractivity contribution in [2.24, 2.45) is 4.99 Å². The Kier molecular flexibility index (Phi) is 3.69. The highest BCUT2D eigenvalue weighted by molar-refractivity contribution is 6.10. The molecule has 2 aromatic rings. The summed E-state index contributed by atoms with van der Waals surface area (Å²) in [4.78, 5) is 4.25. The van der Waals surface area contributed by atoms with Crippen molar-refractivity contribution >= 4 is 17.2 Å². The molecule has 0 spiro atoms. The van der Waals surface area contributed by atoms with Crippen molar-refractivity contribution in [2.75, 3.05) is 7.05 Å². The first-order valence-electron chi connectivity index (χ1n) is 6.99. The SMILES string of the molecule is C=CC/C(=C1/OC(=NC)c2ccccc21)c1ccccc1. The van der Waals surface area contributed by atoms with E-state index in [4.69, 9.17) is 4.74 Å². The number of aliphatic imine (C=N–C) groups is 1. The van der Waals surface area contributed by atoms with Gasteiger partial charge in [-0.05, 0) is 18.1 Å². The first kappa shape index (κ1) is 13.4. The summed E-state index contributed by atoms with van der Waals surface area (Å²) in [5.41, 5.74) is 4.43. The Morgan fingerprint density at radius 3 is 2.38 bits per heavy atom. The molecule has 3 rings (SSSR count). The molecule has 104 valence electrons. The van der Waals surface area contributed by atoms with Gasteiger partial charge in [-0.3, -0.25) is 4.99 Å². The van der Waals surface area contributed by atoms with Crippen LogP contribution >= 0.6 is 0 Å². The topological polar surface area (TPSA) is 21.6 Å². The molecule has 0 radical (unpaired) electrons. The van der Waals surface area contributed by atoms with E-state index in [1.54, 1.807) is 7.05 Å². The van der Waals surface area contributed by atoms with E-state index in [2.05, 4.69) is 29.8 Å². The minimum absolute atomic E-state index is 0.679. The van der Waals surface area contributed by atoms with Crippen LogP contribution in [0.2, 0.25) is 0 Å². The van der Waals surface area contributed by atoms with E-state index in [1.165, 1.54) is 0 Å². The van der Waals surface area contributed by atoms with Crippen LogP contribution in [0.15, 0.2) is 72.2 Å². The van der Waals surface area contributed by atoms with Gasteiger partial charge in [0, 0.05) is 23.7 Å². The van der Waals surface area contributed by atoms with E-state index in [0.29, 0.717) is 5.90 Å². The predicted molar refractivity (Wildman–Crippen MR) is 88.1 cm³/mol. The first-order chi connectivity index (χ1) is 10.3. The van der Waals surface area contributed by atoms with E-state index >= 15 is 0 Å². The van der Waals surface area contributed by atoms with Gasteiger partial charge in [-0.1, -0.05) is 54.6 Å². The molecular formula is C19H17NO. The number of hydrogen-bond acceptors (Lipinski definition) is 2. The first-order valence-corrected chi connectivity index (χ1v) is 6.99. The van der Waals surface area contributed by atoms with Gasteiger partial charge in [0.15, 0.2) is 0 Å². The van der Waals surface area contributed by atoms with Gasteiger partial charge in [-0.15, -0.1) is 6.58 Å². The van der Waals surface area contributed by atoms with Crippen molar-refractivity contribution < 1.29 is 4.74 Å². The molecule has 21 heavy (non-hydrogen) atoms. The third kappa shape index (κ3) is 2.40. The number of fused-ring (bicyclic) bond motifs is 1. The van der Waals surface area contributed by atoms with Crippen molar-refractivity contribution in [3.05, 3.63) is 83.9 Å². The van der Waals surface area contributed by atoms with Crippen LogP contribution in [-0.2, 0) is 4.74 Å². The molecule has 0 aromatic heterocycles. The second-order valence-electron chi connectivity index (χ2n) is 4.84. The van der Waals surface area contributed by atoms with Gasteiger partial charge in [0.2, 0.25) is 5.90 Å². The van der Waals surface area contributed by atoms with Gasteiger partial charge in [-0.25, -0.2) is 0 Å². The number of ether oxygens (including phenoxy) is 1. The van der Waals surface area contributed by atoms with Crippen LogP contribution in [0, 0.1) is 0 Å². The van der Waals surface area contributed by atoms with Gasteiger partial charge in [0.05, 0.1) is 0 Å². The van der Waals surface area contributed by atoms with Gasteiger partial charge in [0.1, 0.15) is 5.76 Å². The molecule has 1 aliphatic heterocycles. The molecule has 0 atom stereocenters. The molecule has 0 saturated carbocycles. The molecule has 2 aromatic carbocycles. The van der Waals surface area contributed by atoms with Crippen molar-refractivity contribution in [2.45, 2.75) is 6.42 Å². The Morgan fingerprint density at radius 2 is 1.71 bits per heavy atom.